The van der Waals surface area contributed by atoms with E-state index in [9.17, 15) is 0 Å². The summed E-state index contributed by atoms with van der Waals surface area (Å²) in [6, 6.07) is 9.68. The summed E-state index contributed by atoms with van der Waals surface area (Å²) < 4.78 is 11.2. The molecule has 0 unspecified atom stereocenters. The van der Waals surface area contributed by atoms with Crippen molar-refractivity contribution in [3.63, 3.8) is 0 Å². The van der Waals surface area contributed by atoms with Crippen molar-refractivity contribution in [3.05, 3.63) is 53.2 Å². The zero-order valence-corrected chi connectivity index (χ0v) is 12.6. The van der Waals surface area contributed by atoms with Gasteiger partial charge in [-0.2, -0.15) is 0 Å². The van der Waals surface area contributed by atoms with Crippen molar-refractivity contribution in [1.29, 1.82) is 0 Å². The van der Waals surface area contributed by atoms with Gasteiger partial charge < -0.3 is 9.15 Å². The zero-order valence-electron chi connectivity index (χ0n) is 11.9. The van der Waals surface area contributed by atoms with Crippen LogP contribution in [-0.2, 0) is 17.8 Å². The number of nitrogens with zero attached hydrogens (tertiary/aromatic N) is 2. The van der Waals surface area contributed by atoms with E-state index in [2.05, 4.69) is 9.88 Å². The number of pyridine rings is 1. The molecule has 4 nitrogen and oxygen atoms in total. The lowest BCUT2D eigenvalue weighted by Gasteiger charge is -2.23. The Labute approximate surface area is 129 Å². The molecular weight excluding hydrogens is 288 g/mol. The Morgan fingerprint density at radius 2 is 2.19 bits per heavy atom. The van der Waals surface area contributed by atoms with Crippen LogP contribution in [0.4, 0.5) is 0 Å². The molecular formula is C16H19ClN2O2. The molecule has 1 atom stereocenters. The standard InChI is InChI=1S/C16H19ClN2O2/c17-16-7-6-15(21-16)12-19(11-14-5-3-9-20-14)10-13-4-1-2-8-18-13/h1-2,4,6-8,14H,3,5,9-12H2/t14-/m0/s1. The van der Waals surface area contributed by atoms with Gasteiger partial charge in [-0.25, -0.2) is 0 Å². The maximum absolute atomic E-state index is 5.85. The van der Waals surface area contributed by atoms with Gasteiger partial charge in [0.25, 0.3) is 0 Å². The fourth-order valence-corrected chi connectivity index (χ4v) is 2.80. The van der Waals surface area contributed by atoms with E-state index in [0.29, 0.717) is 17.9 Å². The number of rotatable bonds is 6. The molecule has 0 radical (unpaired) electrons. The molecule has 2 aromatic heterocycles. The van der Waals surface area contributed by atoms with Gasteiger partial charge in [-0.1, -0.05) is 6.07 Å². The topological polar surface area (TPSA) is 38.5 Å². The molecule has 21 heavy (non-hydrogen) atoms. The predicted octanol–water partition coefficient (Wildman–Crippen LogP) is 3.51. The summed E-state index contributed by atoms with van der Waals surface area (Å²) in [6.07, 6.45) is 4.40. The highest BCUT2D eigenvalue weighted by Crippen LogP contribution is 2.19. The molecule has 0 aliphatic carbocycles. The van der Waals surface area contributed by atoms with Gasteiger partial charge >= 0.3 is 0 Å². The number of hydrogen-bond donors (Lipinski definition) is 0. The highest BCUT2D eigenvalue weighted by atomic mass is 35.5. The Hall–Kier alpha value is -1.36. The van der Waals surface area contributed by atoms with Crippen LogP contribution >= 0.6 is 11.6 Å². The van der Waals surface area contributed by atoms with E-state index in [-0.39, 0.29) is 0 Å². The van der Waals surface area contributed by atoms with Crippen LogP contribution in [0.25, 0.3) is 0 Å². The summed E-state index contributed by atoms with van der Waals surface area (Å²) in [4.78, 5) is 6.70. The van der Waals surface area contributed by atoms with Crippen LogP contribution in [-0.4, -0.2) is 29.1 Å². The molecule has 112 valence electrons. The van der Waals surface area contributed by atoms with Gasteiger partial charge in [-0.3, -0.25) is 9.88 Å². The quantitative estimate of drug-likeness (QED) is 0.818. The van der Waals surface area contributed by atoms with Crippen LogP contribution in [0.5, 0.6) is 0 Å². The highest BCUT2D eigenvalue weighted by Gasteiger charge is 2.20. The minimum atomic E-state index is 0.305. The Morgan fingerprint density at radius 3 is 2.86 bits per heavy atom. The van der Waals surface area contributed by atoms with E-state index < -0.39 is 0 Å². The second-order valence-corrected chi connectivity index (χ2v) is 5.70. The maximum Gasteiger partial charge on any atom is 0.193 e. The monoisotopic (exact) mass is 306 g/mol. The van der Waals surface area contributed by atoms with Crippen LogP contribution in [0, 0.1) is 0 Å². The molecule has 1 aliphatic heterocycles. The molecule has 1 saturated heterocycles. The summed E-state index contributed by atoms with van der Waals surface area (Å²) >= 11 is 5.85. The second kappa shape index (κ2) is 7.07. The summed E-state index contributed by atoms with van der Waals surface area (Å²) in [7, 11) is 0. The van der Waals surface area contributed by atoms with E-state index in [1.165, 1.54) is 0 Å². The van der Waals surface area contributed by atoms with Crippen LogP contribution in [0.3, 0.4) is 0 Å². The molecule has 2 aromatic rings. The summed E-state index contributed by atoms with van der Waals surface area (Å²) in [5, 5.41) is 0.430. The van der Waals surface area contributed by atoms with E-state index in [4.69, 9.17) is 20.8 Å². The number of halogens is 1. The minimum absolute atomic E-state index is 0.305. The molecule has 0 bridgehead atoms. The Balaban J connectivity index is 1.67. The van der Waals surface area contributed by atoms with Gasteiger partial charge in [-0.05, 0) is 48.7 Å². The van der Waals surface area contributed by atoms with Gasteiger partial charge in [0, 0.05) is 25.9 Å². The first-order valence-corrected chi connectivity index (χ1v) is 7.65. The van der Waals surface area contributed by atoms with Gasteiger partial charge in [-0.15, -0.1) is 0 Å². The lowest BCUT2D eigenvalue weighted by Crippen LogP contribution is -2.31. The smallest absolute Gasteiger partial charge is 0.193 e. The minimum Gasteiger partial charge on any atom is -0.448 e. The first-order chi connectivity index (χ1) is 10.3. The van der Waals surface area contributed by atoms with E-state index in [1.54, 1.807) is 6.07 Å². The number of ether oxygens (including phenoxy) is 1. The zero-order chi connectivity index (χ0) is 14.5. The molecule has 0 saturated carbocycles. The van der Waals surface area contributed by atoms with Crippen molar-refractivity contribution in [2.45, 2.75) is 32.0 Å². The van der Waals surface area contributed by atoms with E-state index in [1.807, 2.05) is 30.5 Å². The lowest BCUT2D eigenvalue weighted by molar-refractivity contribution is 0.0651. The Kier molecular flexibility index (Phi) is 4.91. The average Bonchev–Trinajstić information content (AvgIpc) is 3.12. The van der Waals surface area contributed by atoms with Crippen LogP contribution in [0.1, 0.15) is 24.3 Å². The van der Waals surface area contributed by atoms with Crippen molar-refractivity contribution < 1.29 is 9.15 Å². The molecule has 3 rings (SSSR count). The fraction of sp³-hybridized carbons (Fsp3) is 0.438. The van der Waals surface area contributed by atoms with Gasteiger partial charge in [0.1, 0.15) is 5.76 Å². The Bertz CT molecular complexity index is 552. The third-order valence-corrected chi connectivity index (χ3v) is 3.81. The largest absolute Gasteiger partial charge is 0.448 e. The summed E-state index contributed by atoms with van der Waals surface area (Å²) in [5.74, 6) is 0.869. The summed E-state index contributed by atoms with van der Waals surface area (Å²) in [6.45, 7) is 3.24. The number of aromatic nitrogens is 1. The van der Waals surface area contributed by atoms with Crippen molar-refractivity contribution in [1.82, 2.24) is 9.88 Å². The molecule has 3 heterocycles. The molecule has 1 fully saturated rings. The van der Waals surface area contributed by atoms with Crippen LogP contribution < -0.4 is 0 Å². The third-order valence-electron chi connectivity index (χ3n) is 3.61. The van der Waals surface area contributed by atoms with Crippen LogP contribution in [0.15, 0.2) is 40.9 Å². The fourth-order valence-electron chi connectivity index (χ4n) is 2.64. The number of furan rings is 1. The molecule has 5 heteroatoms. The average molecular weight is 307 g/mol. The molecule has 0 N–H and O–H groups in total. The SMILES string of the molecule is Clc1ccc(CN(Cc2ccccn2)C[C@@H]2CCCO2)o1. The summed E-state index contributed by atoms with van der Waals surface area (Å²) in [5.41, 5.74) is 1.05. The molecule has 1 aliphatic rings. The van der Waals surface area contributed by atoms with Gasteiger partial charge in [0.15, 0.2) is 5.22 Å². The van der Waals surface area contributed by atoms with Crippen LogP contribution in [0.2, 0.25) is 5.22 Å². The second-order valence-electron chi connectivity index (χ2n) is 5.33. The lowest BCUT2D eigenvalue weighted by atomic mass is 10.2. The predicted molar refractivity (Wildman–Crippen MR) is 81.0 cm³/mol. The van der Waals surface area contributed by atoms with Crippen molar-refractivity contribution in [2.24, 2.45) is 0 Å². The van der Waals surface area contributed by atoms with Gasteiger partial charge in [0.2, 0.25) is 0 Å². The number of hydrogen-bond acceptors (Lipinski definition) is 4. The third kappa shape index (κ3) is 4.30. The molecule has 0 spiro atoms. The van der Waals surface area contributed by atoms with E-state index >= 15 is 0 Å². The van der Waals surface area contributed by atoms with E-state index in [0.717, 1.165) is 44.0 Å². The van der Waals surface area contributed by atoms with Gasteiger partial charge in [0.05, 0.1) is 18.3 Å². The molecule has 0 aromatic carbocycles. The maximum atomic E-state index is 5.85. The highest BCUT2D eigenvalue weighted by molar-refractivity contribution is 6.28. The Morgan fingerprint density at radius 1 is 1.24 bits per heavy atom. The van der Waals surface area contributed by atoms with Crippen molar-refractivity contribution >= 4 is 11.6 Å². The first-order valence-electron chi connectivity index (χ1n) is 7.28. The first kappa shape index (κ1) is 14.6. The molecule has 0 amide bonds. The normalized spacial score (nSPS) is 18.5. The van der Waals surface area contributed by atoms with Crippen molar-refractivity contribution in [3.8, 4) is 0 Å². The van der Waals surface area contributed by atoms with Crippen molar-refractivity contribution in [2.75, 3.05) is 13.2 Å².